The molecule has 6 heteroatoms. The maximum atomic E-state index is 12.0. The van der Waals surface area contributed by atoms with E-state index in [0.29, 0.717) is 17.0 Å². The first-order valence-electron chi connectivity index (χ1n) is 5.22. The zero-order valence-corrected chi connectivity index (χ0v) is 9.75. The maximum absolute atomic E-state index is 12.0. The van der Waals surface area contributed by atoms with Gasteiger partial charge in [0.2, 0.25) is 5.95 Å². The zero-order chi connectivity index (χ0) is 13.0. The van der Waals surface area contributed by atoms with Gasteiger partial charge < -0.3 is 10.5 Å². The van der Waals surface area contributed by atoms with Gasteiger partial charge in [0.1, 0.15) is 5.75 Å². The maximum Gasteiger partial charge on any atom is 0.261 e. The Morgan fingerprint density at radius 1 is 1.33 bits per heavy atom. The SMILES string of the molecule is COc1cc(N)ccc1C(=O)Nc1ncccn1. The second-order valence-electron chi connectivity index (χ2n) is 3.49. The number of rotatable bonds is 3. The Morgan fingerprint density at radius 2 is 2.06 bits per heavy atom. The summed E-state index contributed by atoms with van der Waals surface area (Å²) in [6, 6.07) is 6.47. The summed E-state index contributed by atoms with van der Waals surface area (Å²) in [5.74, 6) is 0.294. The molecule has 0 aliphatic carbocycles. The summed E-state index contributed by atoms with van der Waals surface area (Å²) in [6.45, 7) is 0. The third-order valence-corrected chi connectivity index (χ3v) is 2.26. The fourth-order valence-corrected chi connectivity index (χ4v) is 1.43. The van der Waals surface area contributed by atoms with Gasteiger partial charge in [0, 0.05) is 24.1 Å². The summed E-state index contributed by atoms with van der Waals surface area (Å²) in [5, 5.41) is 2.57. The number of hydrogen-bond acceptors (Lipinski definition) is 5. The van der Waals surface area contributed by atoms with Crippen LogP contribution < -0.4 is 15.8 Å². The topological polar surface area (TPSA) is 90.1 Å². The number of nitrogens with zero attached hydrogens (tertiary/aromatic N) is 2. The molecule has 92 valence electrons. The molecule has 3 N–H and O–H groups in total. The lowest BCUT2D eigenvalue weighted by Crippen LogP contribution is -2.15. The highest BCUT2D eigenvalue weighted by Crippen LogP contribution is 2.22. The molecule has 2 aromatic rings. The summed E-state index contributed by atoms with van der Waals surface area (Å²) >= 11 is 0. The Hall–Kier alpha value is -2.63. The first-order chi connectivity index (χ1) is 8.70. The molecule has 1 aromatic heterocycles. The molecule has 1 amide bonds. The van der Waals surface area contributed by atoms with E-state index in [1.807, 2.05) is 0 Å². The van der Waals surface area contributed by atoms with E-state index in [9.17, 15) is 4.79 Å². The Morgan fingerprint density at radius 3 is 2.72 bits per heavy atom. The molecule has 0 radical (unpaired) electrons. The second-order valence-corrected chi connectivity index (χ2v) is 3.49. The number of hydrogen-bond donors (Lipinski definition) is 2. The summed E-state index contributed by atoms with van der Waals surface area (Å²) in [4.78, 5) is 19.8. The van der Waals surface area contributed by atoms with Gasteiger partial charge >= 0.3 is 0 Å². The average molecular weight is 244 g/mol. The summed E-state index contributed by atoms with van der Waals surface area (Å²) in [7, 11) is 1.48. The summed E-state index contributed by atoms with van der Waals surface area (Å²) in [5.41, 5.74) is 6.52. The van der Waals surface area contributed by atoms with Crippen molar-refractivity contribution < 1.29 is 9.53 Å². The number of anilines is 2. The van der Waals surface area contributed by atoms with Crippen LogP contribution in [-0.2, 0) is 0 Å². The van der Waals surface area contributed by atoms with Gasteiger partial charge in [-0.2, -0.15) is 0 Å². The number of ether oxygens (including phenoxy) is 1. The second kappa shape index (κ2) is 5.13. The van der Waals surface area contributed by atoms with Crippen molar-refractivity contribution in [1.82, 2.24) is 9.97 Å². The van der Waals surface area contributed by atoms with E-state index in [0.717, 1.165) is 0 Å². The standard InChI is InChI=1S/C12H12N4O2/c1-18-10-7-8(13)3-4-9(10)11(17)16-12-14-5-2-6-15-12/h2-7H,13H2,1H3,(H,14,15,16,17). The Bertz CT molecular complexity index is 557. The molecule has 0 saturated heterocycles. The van der Waals surface area contributed by atoms with Crippen LogP contribution in [0.2, 0.25) is 0 Å². The molecule has 0 saturated carbocycles. The van der Waals surface area contributed by atoms with Crippen LogP contribution in [-0.4, -0.2) is 23.0 Å². The van der Waals surface area contributed by atoms with Crippen molar-refractivity contribution in [1.29, 1.82) is 0 Å². The molecule has 1 aromatic carbocycles. The zero-order valence-electron chi connectivity index (χ0n) is 9.75. The van der Waals surface area contributed by atoms with Crippen LogP contribution in [0, 0.1) is 0 Å². The minimum atomic E-state index is -0.349. The molecular weight excluding hydrogens is 232 g/mol. The number of carbonyl (C=O) groups excluding carboxylic acids is 1. The van der Waals surface area contributed by atoms with E-state index < -0.39 is 0 Å². The summed E-state index contributed by atoms with van der Waals surface area (Å²) < 4.78 is 5.10. The van der Waals surface area contributed by atoms with Crippen molar-refractivity contribution in [2.24, 2.45) is 0 Å². The van der Waals surface area contributed by atoms with Crippen LogP contribution in [0.3, 0.4) is 0 Å². The highest BCUT2D eigenvalue weighted by atomic mass is 16.5. The van der Waals surface area contributed by atoms with Crippen LogP contribution in [0.15, 0.2) is 36.7 Å². The number of nitrogens with one attached hydrogen (secondary N) is 1. The van der Waals surface area contributed by atoms with Crippen LogP contribution in [0.1, 0.15) is 10.4 Å². The molecule has 0 aliphatic heterocycles. The largest absolute Gasteiger partial charge is 0.496 e. The lowest BCUT2D eigenvalue weighted by Gasteiger charge is -2.08. The molecule has 0 fully saturated rings. The lowest BCUT2D eigenvalue weighted by molar-refractivity contribution is 0.102. The predicted molar refractivity (Wildman–Crippen MR) is 67.4 cm³/mol. The van der Waals surface area contributed by atoms with E-state index in [-0.39, 0.29) is 11.9 Å². The average Bonchev–Trinajstić information content (AvgIpc) is 2.39. The third-order valence-electron chi connectivity index (χ3n) is 2.26. The predicted octanol–water partition coefficient (Wildman–Crippen LogP) is 1.32. The summed E-state index contributed by atoms with van der Waals surface area (Å²) in [6.07, 6.45) is 3.09. The normalized spacial score (nSPS) is 9.83. The molecule has 1 heterocycles. The lowest BCUT2D eigenvalue weighted by atomic mass is 10.1. The van der Waals surface area contributed by atoms with Crippen molar-refractivity contribution >= 4 is 17.5 Å². The smallest absolute Gasteiger partial charge is 0.261 e. The van der Waals surface area contributed by atoms with Crippen LogP contribution in [0.4, 0.5) is 11.6 Å². The minimum Gasteiger partial charge on any atom is -0.496 e. The van der Waals surface area contributed by atoms with Crippen molar-refractivity contribution in [3.05, 3.63) is 42.2 Å². The highest BCUT2D eigenvalue weighted by Gasteiger charge is 2.13. The number of amides is 1. The minimum absolute atomic E-state index is 0.237. The molecular formula is C12H12N4O2. The number of aromatic nitrogens is 2. The Balaban J connectivity index is 2.24. The molecule has 6 nitrogen and oxygen atoms in total. The molecule has 2 rings (SSSR count). The van der Waals surface area contributed by atoms with Gasteiger partial charge in [-0.05, 0) is 18.2 Å². The first kappa shape index (κ1) is 11.8. The van der Waals surface area contributed by atoms with Crippen molar-refractivity contribution in [3.8, 4) is 5.75 Å². The van der Waals surface area contributed by atoms with Crippen molar-refractivity contribution in [2.45, 2.75) is 0 Å². The van der Waals surface area contributed by atoms with Gasteiger partial charge in [-0.15, -0.1) is 0 Å². The number of benzene rings is 1. The Labute approximate surface area is 104 Å². The fourth-order valence-electron chi connectivity index (χ4n) is 1.43. The monoisotopic (exact) mass is 244 g/mol. The van der Waals surface area contributed by atoms with E-state index in [4.69, 9.17) is 10.5 Å². The van der Waals surface area contributed by atoms with Crippen LogP contribution >= 0.6 is 0 Å². The van der Waals surface area contributed by atoms with E-state index in [1.165, 1.54) is 7.11 Å². The first-order valence-corrected chi connectivity index (χ1v) is 5.22. The number of carbonyl (C=O) groups is 1. The van der Waals surface area contributed by atoms with E-state index >= 15 is 0 Å². The van der Waals surface area contributed by atoms with Crippen molar-refractivity contribution in [2.75, 3.05) is 18.2 Å². The van der Waals surface area contributed by atoms with E-state index in [2.05, 4.69) is 15.3 Å². The number of methoxy groups -OCH3 is 1. The van der Waals surface area contributed by atoms with Crippen molar-refractivity contribution in [3.63, 3.8) is 0 Å². The molecule has 18 heavy (non-hydrogen) atoms. The fraction of sp³-hybridized carbons (Fsp3) is 0.0833. The van der Waals surface area contributed by atoms with Gasteiger partial charge in [0.05, 0.1) is 12.7 Å². The third kappa shape index (κ3) is 2.54. The number of nitrogens with two attached hydrogens (primary N) is 1. The highest BCUT2D eigenvalue weighted by molar-refractivity contribution is 6.05. The molecule has 0 spiro atoms. The van der Waals surface area contributed by atoms with Crippen LogP contribution in [0.5, 0.6) is 5.75 Å². The molecule has 0 unspecified atom stereocenters. The molecule has 0 atom stereocenters. The van der Waals surface area contributed by atoms with E-state index in [1.54, 1.807) is 36.7 Å². The van der Waals surface area contributed by atoms with Gasteiger partial charge in [0.25, 0.3) is 5.91 Å². The van der Waals surface area contributed by atoms with Gasteiger partial charge in [-0.3, -0.25) is 10.1 Å². The number of nitrogen functional groups attached to an aromatic ring is 1. The van der Waals surface area contributed by atoms with Crippen LogP contribution in [0.25, 0.3) is 0 Å². The van der Waals surface area contributed by atoms with Gasteiger partial charge in [0.15, 0.2) is 0 Å². The van der Waals surface area contributed by atoms with Gasteiger partial charge in [-0.25, -0.2) is 9.97 Å². The molecule has 0 bridgehead atoms. The Kier molecular flexibility index (Phi) is 3.38. The molecule has 0 aliphatic rings. The van der Waals surface area contributed by atoms with Gasteiger partial charge in [-0.1, -0.05) is 0 Å². The quantitative estimate of drug-likeness (QED) is 0.795.